The number of hydrogen-bond donors (Lipinski definition) is 0. The number of morpholine rings is 1. The number of rotatable bonds is 5. The molecule has 4 heteroatoms. The van der Waals surface area contributed by atoms with Gasteiger partial charge in [0, 0.05) is 38.6 Å². The largest absolute Gasteiger partial charge is 0.379 e. The minimum Gasteiger partial charge on any atom is -0.379 e. The quantitative estimate of drug-likeness (QED) is 0.700. The van der Waals surface area contributed by atoms with Crippen molar-refractivity contribution in [3.05, 3.63) is 0 Å². The molecule has 0 aromatic carbocycles. The SMILES string of the molecule is ClCCC1CCCN(CCN2CCOCC2)C1. The zero-order chi connectivity index (χ0) is 11.9. The van der Waals surface area contributed by atoms with Crippen molar-refractivity contribution in [3.8, 4) is 0 Å². The molecule has 0 bridgehead atoms. The van der Waals surface area contributed by atoms with E-state index in [1.165, 1.54) is 45.4 Å². The summed E-state index contributed by atoms with van der Waals surface area (Å²) in [5.41, 5.74) is 0. The predicted octanol–water partition coefficient (Wildman–Crippen LogP) is 1.66. The van der Waals surface area contributed by atoms with Crippen LogP contribution in [-0.2, 0) is 4.74 Å². The number of piperidine rings is 1. The van der Waals surface area contributed by atoms with Crippen LogP contribution in [0, 0.1) is 5.92 Å². The van der Waals surface area contributed by atoms with Gasteiger partial charge < -0.3 is 9.64 Å². The van der Waals surface area contributed by atoms with Crippen LogP contribution in [-0.4, -0.2) is 68.2 Å². The molecule has 100 valence electrons. The maximum absolute atomic E-state index is 5.84. The second-order valence-corrected chi connectivity index (χ2v) is 5.62. The van der Waals surface area contributed by atoms with Gasteiger partial charge in [-0.05, 0) is 31.7 Å². The first-order valence-electron chi connectivity index (χ1n) is 6.97. The lowest BCUT2D eigenvalue weighted by atomic mass is 9.95. The molecule has 3 nitrogen and oxygen atoms in total. The first-order valence-corrected chi connectivity index (χ1v) is 7.50. The maximum Gasteiger partial charge on any atom is 0.0594 e. The molecule has 0 radical (unpaired) electrons. The Bertz CT molecular complexity index is 208. The van der Waals surface area contributed by atoms with Crippen LogP contribution in [0.3, 0.4) is 0 Å². The van der Waals surface area contributed by atoms with Gasteiger partial charge in [0.2, 0.25) is 0 Å². The summed E-state index contributed by atoms with van der Waals surface area (Å²) in [5.74, 6) is 1.66. The standard InChI is InChI=1S/C13H25ClN2O/c14-4-3-13-2-1-5-16(12-13)7-6-15-8-10-17-11-9-15/h13H,1-12H2. The van der Waals surface area contributed by atoms with Crippen LogP contribution in [0.1, 0.15) is 19.3 Å². The lowest BCUT2D eigenvalue weighted by Gasteiger charge is -2.35. The predicted molar refractivity (Wildman–Crippen MR) is 71.8 cm³/mol. The molecule has 1 atom stereocenters. The second-order valence-electron chi connectivity index (χ2n) is 5.24. The number of hydrogen-bond acceptors (Lipinski definition) is 3. The van der Waals surface area contributed by atoms with Crippen LogP contribution in [0.2, 0.25) is 0 Å². The van der Waals surface area contributed by atoms with Crippen molar-refractivity contribution in [1.82, 2.24) is 9.80 Å². The van der Waals surface area contributed by atoms with Gasteiger partial charge in [-0.2, -0.15) is 0 Å². The molecule has 17 heavy (non-hydrogen) atoms. The average Bonchev–Trinajstić information content (AvgIpc) is 2.39. The third-order valence-corrected chi connectivity index (χ3v) is 4.17. The molecule has 2 rings (SSSR count). The molecule has 2 heterocycles. The number of nitrogens with zero attached hydrogens (tertiary/aromatic N) is 2. The van der Waals surface area contributed by atoms with E-state index in [9.17, 15) is 0 Å². The fraction of sp³-hybridized carbons (Fsp3) is 1.00. The zero-order valence-electron chi connectivity index (χ0n) is 10.7. The molecule has 0 aromatic rings. The fourth-order valence-corrected chi connectivity index (χ4v) is 3.16. The van der Waals surface area contributed by atoms with Crippen molar-refractivity contribution >= 4 is 11.6 Å². The Hall–Kier alpha value is 0.170. The Morgan fingerprint density at radius 1 is 1.06 bits per heavy atom. The molecule has 2 aliphatic heterocycles. The van der Waals surface area contributed by atoms with Gasteiger partial charge in [-0.3, -0.25) is 4.90 Å². The molecule has 0 amide bonds. The van der Waals surface area contributed by atoms with Crippen LogP contribution < -0.4 is 0 Å². The Balaban J connectivity index is 1.64. The van der Waals surface area contributed by atoms with E-state index in [1.807, 2.05) is 0 Å². The smallest absolute Gasteiger partial charge is 0.0594 e. The highest BCUT2D eigenvalue weighted by Crippen LogP contribution is 2.19. The molecule has 2 saturated heterocycles. The highest BCUT2D eigenvalue weighted by Gasteiger charge is 2.20. The Kier molecular flexibility index (Phi) is 6.06. The van der Waals surface area contributed by atoms with E-state index in [0.717, 1.165) is 38.1 Å². The van der Waals surface area contributed by atoms with Gasteiger partial charge in [-0.1, -0.05) is 0 Å². The van der Waals surface area contributed by atoms with Crippen molar-refractivity contribution in [2.45, 2.75) is 19.3 Å². The highest BCUT2D eigenvalue weighted by molar-refractivity contribution is 6.17. The monoisotopic (exact) mass is 260 g/mol. The van der Waals surface area contributed by atoms with Crippen molar-refractivity contribution < 1.29 is 4.74 Å². The highest BCUT2D eigenvalue weighted by atomic mass is 35.5. The van der Waals surface area contributed by atoms with E-state index >= 15 is 0 Å². The van der Waals surface area contributed by atoms with Crippen LogP contribution in [0.25, 0.3) is 0 Å². The van der Waals surface area contributed by atoms with Crippen LogP contribution in [0.4, 0.5) is 0 Å². The van der Waals surface area contributed by atoms with Crippen LogP contribution in [0.15, 0.2) is 0 Å². The summed E-state index contributed by atoms with van der Waals surface area (Å²) in [5, 5.41) is 0. The van der Waals surface area contributed by atoms with E-state index in [4.69, 9.17) is 16.3 Å². The molecule has 0 saturated carbocycles. The van der Waals surface area contributed by atoms with E-state index in [2.05, 4.69) is 9.80 Å². The minimum absolute atomic E-state index is 0.821. The van der Waals surface area contributed by atoms with Crippen molar-refractivity contribution in [3.63, 3.8) is 0 Å². The molecule has 0 aromatic heterocycles. The Morgan fingerprint density at radius 2 is 1.82 bits per heavy atom. The number of halogens is 1. The Morgan fingerprint density at radius 3 is 2.59 bits per heavy atom. The van der Waals surface area contributed by atoms with E-state index in [-0.39, 0.29) is 0 Å². The van der Waals surface area contributed by atoms with Crippen molar-refractivity contribution in [2.24, 2.45) is 5.92 Å². The van der Waals surface area contributed by atoms with Gasteiger partial charge in [0.25, 0.3) is 0 Å². The summed E-state index contributed by atoms with van der Waals surface area (Å²) in [7, 11) is 0. The van der Waals surface area contributed by atoms with Gasteiger partial charge >= 0.3 is 0 Å². The molecule has 1 unspecified atom stereocenters. The Labute approximate surface area is 110 Å². The van der Waals surface area contributed by atoms with Gasteiger partial charge in [0.15, 0.2) is 0 Å². The number of alkyl halides is 1. The van der Waals surface area contributed by atoms with Crippen molar-refractivity contribution in [2.75, 3.05) is 58.4 Å². The molecular formula is C13H25ClN2O. The molecule has 2 fully saturated rings. The van der Waals surface area contributed by atoms with Gasteiger partial charge in [0.05, 0.1) is 13.2 Å². The van der Waals surface area contributed by atoms with Gasteiger partial charge in [-0.15, -0.1) is 11.6 Å². The van der Waals surface area contributed by atoms with Crippen molar-refractivity contribution in [1.29, 1.82) is 0 Å². The average molecular weight is 261 g/mol. The minimum atomic E-state index is 0.821. The van der Waals surface area contributed by atoms with E-state index in [1.54, 1.807) is 0 Å². The first-order chi connectivity index (χ1) is 8.38. The summed E-state index contributed by atoms with van der Waals surface area (Å²) in [6, 6.07) is 0. The van der Waals surface area contributed by atoms with Crippen LogP contribution >= 0.6 is 11.6 Å². The summed E-state index contributed by atoms with van der Waals surface area (Å²) in [6.07, 6.45) is 3.92. The van der Waals surface area contributed by atoms with E-state index in [0.29, 0.717) is 0 Å². The zero-order valence-corrected chi connectivity index (χ0v) is 11.5. The first kappa shape index (κ1) is 13.6. The molecule has 0 N–H and O–H groups in total. The molecule has 0 aliphatic carbocycles. The molecule has 2 aliphatic rings. The number of ether oxygens (including phenoxy) is 1. The molecular weight excluding hydrogens is 236 g/mol. The number of likely N-dealkylation sites (tertiary alicyclic amines) is 1. The third-order valence-electron chi connectivity index (χ3n) is 3.96. The molecule has 0 spiro atoms. The topological polar surface area (TPSA) is 15.7 Å². The summed E-state index contributed by atoms with van der Waals surface area (Å²) in [6.45, 7) is 9.01. The summed E-state index contributed by atoms with van der Waals surface area (Å²) in [4.78, 5) is 5.14. The summed E-state index contributed by atoms with van der Waals surface area (Å²) >= 11 is 5.84. The summed E-state index contributed by atoms with van der Waals surface area (Å²) < 4.78 is 5.37. The third kappa shape index (κ3) is 4.74. The second kappa shape index (κ2) is 7.57. The lowest BCUT2D eigenvalue weighted by Crippen LogP contribution is -2.44. The van der Waals surface area contributed by atoms with Crippen LogP contribution in [0.5, 0.6) is 0 Å². The van der Waals surface area contributed by atoms with Gasteiger partial charge in [0.1, 0.15) is 0 Å². The van der Waals surface area contributed by atoms with E-state index < -0.39 is 0 Å². The normalized spacial score (nSPS) is 28.4. The fourth-order valence-electron chi connectivity index (χ4n) is 2.85. The maximum atomic E-state index is 5.84. The van der Waals surface area contributed by atoms with Gasteiger partial charge in [-0.25, -0.2) is 0 Å². The lowest BCUT2D eigenvalue weighted by molar-refractivity contribution is 0.0308.